The Balaban J connectivity index is 1.40. The lowest BCUT2D eigenvalue weighted by atomic mass is 9.85. The number of fused-ring (bicyclic) bond motifs is 2. The van der Waals surface area contributed by atoms with Gasteiger partial charge in [0.25, 0.3) is 0 Å². The van der Waals surface area contributed by atoms with Gasteiger partial charge >= 0.3 is 6.09 Å². The van der Waals surface area contributed by atoms with Gasteiger partial charge < -0.3 is 9.64 Å². The number of carbonyl (C=O) groups is 2. The molecule has 4 rings (SSSR count). The molecule has 0 N–H and O–H groups in total. The molecule has 2 fully saturated rings. The van der Waals surface area contributed by atoms with E-state index in [-0.39, 0.29) is 36.5 Å². The molecule has 6 heteroatoms. The van der Waals surface area contributed by atoms with Crippen molar-refractivity contribution in [3.05, 3.63) is 53.3 Å². The van der Waals surface area contributed by atoms with Crippen molar-refractivity contribution in [2.24, 2.45) is 13.0 Å². The predicted octanol–water partition coefficient (Wildman–Crippen LogP) is 3.49. The smallest absolute Gasteiger partial charge is 0.410 e. The number of hydrogen-bond donors (Lipinski definition) is 0. The Morgan fingerprint density at radius 2 is 1.81 bits per heavy atom. The van der Waals surface area contributed by atoms with Crippen LogP contribution in [0.2, 0.25) is 0 Å². The minimum absolute atomic E-state index is 0.0384. The van der Waals surface area contributed by atoms with Crippen LogP contribution < -0.4 is 0 Å². The van der Waals surface area contributed by atoms with Crippen LogP contribution in [0.4, 0.5) is 4.79 Å². The summed E-state index contributed by atoms with van der Waals surface area (Å²) in [6, 6.07) is 9.90. The summed E-state index contributed by atoms with van der Waals surface area (Å²) in [6.45, 7) is 2.16. The second kappa shape index (κ2) is 7.18. The van der Waals surface area contributed by atoms with E-state index in [0.29, 0.717) is 18.4 Å². The van der Waals surface area contributed by atoms with Gasteiger partial charge in [0.1, 0.15) is 6.61 Å². The van der Waals surface area contributed by atoms with Crippen LogP contribution in [0.25, 0.3) is 0 Å². The van der Waals surface area contributed by atoms with E-state index in [4.69, 9.17) is 4.74 Å². The number of amides is 1. The SMILES string of the molecule is Cc1nn(C)cc1C(=O)C1CC2CCC(C1)N2C(=O)OCc1ccccc1. The third-order valence-corrected chi connectivity index (χ3v) is 5.80. The lowest BCUT2D eigenvalue weighted by Gasteiger charge is -2.37. The van der Waals surface area contributed by atoms with E-state index in [0.717, 1.165) is 24.1 Å². The van der Waals surface area contributed by atoms with Crippen molar-refractivity contribution in [3.63, 3.8) is 0 Å². The Hall–Kier alpha value is -2.63. The number of aromatic nitrogens is 2. The fourth-order valence-electron chi connectivity index (χ4n) is 4.54. The lowest BCUT2D eigenvalue weighted by Crippen LogP contribution is -2.48. The maximum Gasteiger partial charge on any atom is 0.410 e. The van der Waals surface area contributed by atoms with Gasteiger partial charge in [0.05, 0.1) is 11.3 Å². The summed E-state index contributed by atoms with van der Waals surface area (Å²) in [4.78, 5) is 27.5. The maximum atomic E-state index is 13.0. The maximum absolute atomic E-state index is 13.0. The van der Waals surface area contributed by atoms with Gasteiger partial charge in [-0.1, -0.05) is 30.3 Å². The lowest BCUT2D eigenvalue weighted by molar-refractivity contribution is 0.0485. The first-order valence-corrected chi connectivity index (χ1v) is 9.56. The minimum atomic E-state index is -0.255. The molecule has 1 amide bonds. The van der Waals surface area contributed by atoms with Crippen molar-refractivity contribution in [3.8, 4) is 0 Å². The summed E-state index contributed by atoms with van der Waals surface area (Å²) in [5.41, 5.74) is 2.47. The third kappa shape index (κ3) is 3.48. The molecule has 0 radical (unpaired) electrons. The average Bonchev–Trinajstić information content (AvgIpc) is 3.14. The van der Waals surface area contributed by atoms with Gasteiger partial charge in [0, 0.05) is 31.2 Å². The molecule has 27 heavy (non-hydrogen) atoms. The Morgan fingerprint density at radius 3 is 2.41 bits per heavy atom. The van der Waals surface area contributed by atoms with Crippen molar-refractivity contribution >= 4 is 11.9 Å². The first kappa shape index (κ1) is 17.8. The van der Waals surface area contributed by atoms with Crippen molar-refractivity contribution in [1.29, 1.82) is 0 Å². The van der Waals surface area contributed by atoms with Crippen molar-refractivity contribution in [2.75, 3.05) is 0 Å². The monoisotopic (exact) mass is 367 g/mol. The van der Waals surface area contributed by atoms with Crippen LogP contribution in [0.1, 0.15) is 47.3 Å². The fourth-order valence-corrected chi connectivity index (χ4v) is 4.54. The third-order valence-electron chi connectivity index (χ3n) is 5.80. The molecule has 2 bridgehead atoms. The van der Waals surface area contributed by atoms with Gasteiger partial charge in [-0.05, 0) is 38.2 Å². The van der Waals surface area contributed by atoms with Gasteiger partial charge in [-0.25, -0.2) is 4.79 Å². The van der Waals surface area contributed by atoms with Gasteiger partial charge in [0.15, 0.2) is 5.78 Å². The van der Waals surface area contributed by atoms with Gasteiger partial charge in [0.2, 0.25) is 0 Å². The molecule has 0 saturated carbocycles. The highest BCUT2D eigenvalue weighted by Crippen LogP contribution is 2.40. The van der Waals surface area contributed by atoms with Crippen molar-refractivity contribution in [1.82, 2.24) is 14.7 Å². The number of Topliss-reactive ketones (excluding diaryl/α,β-unsaturated/α-hetero) is 1. The molecule has 6 nitrogen and oxygen atoms in total. The molecule has 2 unspecified atom stereocenters. The van der Waals surface area contributed by atoms with E-state index in [9.17, 15) is 9.59 Å². The molecule has 3 heterocycles. The van der Waals surface area contributed by atoms with Crippen LogP contribution in [0.5, 0.6) is 0 Å². The van der Waals surface area contributed by atoms with Gasteiger partial charge in [-0.3, -0.25) is 9.48 Å². The quantitative estimate of drug-likeness (QED) is 0.776. The zero-order valence-electron chi connectivity index (χ0n) is 15.8. The van der Waals surface area contributed by atoms with Crippen LogP contribution in [-0.4, -0.2) is 38.6 Å². The molecule has 2 aromatic rings. The first-order chi connectivity index (χ1) is 13.0. The Morgan fingerprint density at radius 1 is 1.15 bits per heavy atom. The second-order valence-electron chi connectivity index (χ2n) is 7.67. The number of ether oxygens (including phenoxy) is 1. The molecule has 1 aromatic carbocycles. The highest BCUT2D eigenvalue weighted by Gasteiger charge is 2.46. The number of hydrogen-bond acceptors (Lipinski definition) is 4. The standard InChI is InChI=1S/C21H25N3O3/c1-14-19(12-23(2)22-14)20(25)16-10-17-8-9-18(11-16)24(17)21(26)27-13-15-6-4-3-5-7-15/h3-7,12,16-18H,8-11,13H2,1-2H3. The van der Waals surface area contributed by atoms with Crippen molar-refractivity contribution < 1.29 is 14.3 Å². The first-order valence-electron chi connectivity index (χ1n) is 9.56. The Labute approximate surface area is 159 Å². The van der Waals surface area contributed by atoms with Gasteiger partial charge in [-0.15, -0.1) is 0 Å². The molecule has 0 aliphatic carbocycles. The number of carbonyl (C=O) groups excluding carboxylic acids is 2. The van der Waals surface area contributed by atoms with E-state index >= 15 is 0 Å². The summed E-state index contributed by atoms with van der Waals surface area (Å²) < 4.78 is 7.23. The highest BCUT2D eigenvalue weighted by molar-refractivity contribution is 5.98. The Kier molecular flexibility index (Phi) is 4.72. The molecular weight excluding hydrogens is 342 g/mol. The highest BCUT2D eigenvalue weighted by atomic mass is 16.6. The predicted molar refractivity (Wildman–Crippen MR) is 100 cm³/mol. The summed E-state index contributed by atoms with van der Waals surface area (Å²) in [7, 11) is 1.83. The number of rotatable bonds is 4. The van der Waals surface area contributed by atoms with Crippen LogP contribution in [-0.2, 0) is 18.4 Å². The number of benzene rings is 1. The molecular formula is C21H25N3O3. The number of aryl methyl sites for hydroxylation is 2. The van der Waals surface area contributed by atoms with E-state index in [1.165, 1.54) is 0 Å². The fraction of sp³-hybridized carbons (Fsp3) is 0.476. The van der Waals surface area contributed by atoms with Crippen LogP contribution in [0.3, 0.4) is 0 Å². The molecule has 2 aliphatic heterocycles. The molecule has 0 spiro atoms. The van der Waals surface area contributed by atoms with Crippen LogP contribution in [0.15, 0.2) is 36.5 Å². The zero-order valence-corrected chi connectivity index (χ0v) is 15.8. The largest absolute Gasteiger partial charge is 0.445 e. The summed E-state index contributed by atoms with van der Waals surface area (Å²) in [6.07, 6.45) is 4.87. The van der Waals surface area contributed by atoms with Gasteiger partial charge in [-0.2, -0.15) is 5.10 Å². The van der Waals surface area contributed by atoms with E-state index in [1.807, 2.05) is 49.2 Å². The minimum Gasteiger partial charge on any atom is -0.445 e. The summed E-state index contributed by atoms with van der Waals surface area (Å²) in [5.74, 6) is 0.123. The molecule has 1 aromatic heterocycles. The summed E-state index contributed by atoms with van der Waals surface area (Å²) >= 11 is 0. The number of ketones is 1. The number of nitrogens with zero attached hydrogens (tertiary/aromatic N) is 3. The number of piperidine rings is 1. The van der Waals surface area contributed by atoms with E-state index < -0.39 is 0 Å². The van der Waals surface area contributed by atoms with Crippen LogP contribution in [0, 0.1) is 12.8 Å². The van der Waals surface area contributed by atoms with Crippen LogP contribution >= 0.6 is 0 Å². The van der Waals surface area contributed by atoms with E-state index in [1.54, 1.807) is 10.9 Å². The molecule has 2 atom stereocenters. The second-order valence-corrected chi connectivity index (χ2v) is 7.67. The molecule has 142 valence electrons. The molecule has 2 aliphatic rings. The molecule has 2 saturated heterocycles. The normalized spacial score (nSPS) is 24.1. The Bertz CT molecular complexity index is 832. The topological polar surface area (TPSA) is 64.4 Å². The van der Waals surface area contributed by atoms with Crippen molar-refractivity contribution in [2.45, 2.75) is 51.3 Å². The van der Waals surface area contributed by atoms with E-state index in [2.05, 4.69) is 5.10 Å². The average molecular weight is 367 g/mol. The zero-order chi connectivity index (χ0) is 19.0. The summed E-state index contributed by atoms with van der Waals surface area (Å²) in [5, 5.41) is 4.29.